The molecule has 20 heavy (non-hydrogen) atoms. The third-order valence-electron chi connectivity index (χ3n) is 3.50. The van der Waals surface area contributed by atoms with Crippen molar-refractivity contribution in [1.82, 2.24) is 4.31 Å². The second kappa shape index (κ2) is 6.37. The van der Waals surface area contributed by atoms with E-state index >= 15 is 0 Å². The van der Waals surface area contributed by atoms with Crippen LogP contribution in [0.4, 0.5) is 0 Å². The summed E-state index contributed by atoms with van der Waals surface area (Å²) in [5, 5.41) is 9.10. The highest BCUT2D eigenvalue weighted by molar-refractivity contribution is 7.89. The second-order valence-electron chi connectivity index (χ2n) is 4.70. The molecule has 0 heterocycles. The van der Waals surface area contributed by atoms with Crippen molar-refractivity contribution in [3.05, 3.63) is 29.3 Å². The van der Waals surface area contributed by atoms with Crippen molar-refractivity contribution in [2.45, 2.75) is 45.1 Å². The maximum Gasteiger partial charge on any atom is 0.335 e. The van der Waals surface area contributed by atoms with E-state index in [0.29, 0.717) is 13.0 Å². The van der Waals surface area contributed by atoms with Crippen LogP contribution in [0.15, 0.2) is 23.1 Å². The van der Waals surface area contributed by atoms with Crippen LogP contribution in [0.1, 0.15) is 43.1 Å². The van der Waals surface area contributed by atoms with E-state index in [0.717, 1.165) is 0 Å². The number of nitrogens with zero attached hydrogens (tertiary/aromatic N) is 1. The molecule has 0 amide bonds. The zero-order chi connectivity index (χ0) is 15.5. The van der Waals surface area contributed by atoms with Crippen LogP contribution in [0.5, 0.6) is 0 Å². The van der Waals surface area contributed by atoms with Gasteiger partial charge in [-0.3, -0.25) is 0 Å². The molecule has 1 unspecified atom stereocenters. The molecule has 1 aromatic carbocycles. The fourth-order valence-corrected chi connectivity index (χ4v) is 4.14. The molecular weight excluding hydrogens is 278 g/mol. The van der Waals surface area contributed by atoms with Crippen LogP contribution in [0, 0.1) is 6.92 Å². The summed E-state index contributed by atoms with van der Waals surface area (Å²) in [4.78, 5) is 11.2. The van der Waals surface area contributed by atoms with Crippen molar-refractivity contribution in [2.24, 2.45) is 0 Å². The van der Waals surface area contributed by atoms with Crippen LogP contribution in [0.2, 0.25) is 0 Å². The molecule has 5 nitrogen and oxygen atoms in total. The van der Waals surface area contributed by atoms with Crippen LogP contribution < -0.4 is 0 Å². The van der Waals surface area contributed by atoms with Gasteiger partial charge in [0, 0.05) is 12.6 Å². The van der Waals surface area contributed by atoms with Gasteiger partial charge in [-0.1, -0.05) is 19.9 Å². The van der Waals surface area contributed by atoms with E-state index in [9.17, 15) is 13.2 Å². The minimum Gasteiger partial charge on any atom is -0.478 e. The number of aromatic carboxylic acids is 1. The molecular formula is C14H21NO4S. The van der Waals surface area contributed by atoms with Gasteiger partial charge >= 0.3 is 5.97 Å². The van der Waals surface area contributed by atoms with Crippen LogP contribution in [-0.4, -0.2) is 36.4 Å². The summed E-state index contributed by atoms with van der Waals surface area (Å²) in [7, 11) is -3.68. The highest BCUT2D eigenvalue weighted by atomic mass is 32.2. The van der Waals surface area contributed by atoms with Crippen molar-refractivity contribution in [1.29, 1.82) is 0 Å². The van der Waals surface area contributed by atoms with Crippen LogP contribution >= 0.6 is 0 Å². The van der Waals surface area contributed by atoms with Crippen molar-refractivity contribution >= 4 is 16.0 Å². The van der Waals surface area contributed by atoms with E-state index in [4.69, 9.17) is 5.11 Å². The summed E-state index contributed by atoms with van der Waals surface area (Å²) in [6, 6.07) is 4.21. The van der Waals surface area contributed by atoms with Gasteiger partial charge in [-0.15, -0.1) is 0 Å². The molecule has 0 bridgehead atoms. The Morgan fingerprint density at radius 2 is 1.95 bits per heavy atom. The van der Waals surface area contributed by atoms with Crippen molar-refractivity contribution in [3.63, 3.8) is 0 Å². The summed E-state index contributed by atoms with van der Waals surface area (Å²) in [5.74, 6) is -1.12. The fourth-order valence-electron chi connectivity index (χ4n) is 2.17. The van der Waals surface area contributed by atoms with E-state index < -0.39 is 16.0 Å². The number of hydrogen-bond donors (Lipinski definition) is 1. The number of carboxylic acid groups (broad SMARTS) is 1. The molecule has 0 aliphatic rings. The SMILES string of the molecule is CCC(C)N(CC)S(=O)(=O)c1cccc(C(=O)O)c1C. The van der Waals surface area contributed by atoms with Gasteiger partial charge in [-0.25, -0.2) is 13.2 Å². The molecule has 0 radical (unpaired) electrons. The molecule has 1 aromatic rings. The summed E-state index contributed by atoms with van der Waals surface area (Å²) >= 11 is 0. The van der Waals surface area contributed by atoms with Crippen LogP contribution in [0.25, 0.3) is 0 Å². The van der Waals surface area contributed by atoms with E-state index in [-0.39, 0.29) is 22.1 Å². The number of carbonyl (C=O) groups is 1. The van der Waals surface area contributed by atoms with Gasteiger partial charge < -0.3 is 5.11 Å². The van der Waals surface area contributed by atoms with Gasteiger partial charge in [-0.2, -0.15) is 4.31 Å². The summed E-state index contributed by atoms with van der Waals surface area (Å²) in [6.07, 6.45) is 0.699. The minimum absolute atomic E-state index is 0.0197. The molecule has 6 heteroatoms. The summed E-state index contributed by atoms with van der Waals surface area (Å²) < 4.78 is 26.8. The predicted octanol–water partition coefficient (Wildman–Crippen LogP) is 2.50. The van der Waals surface area contributed by atoms with Crippen LogP contribution in [-0.2, 0) is 10.0 Å². The summed E-state index contributed by atoms with van der Waals surface area (Å²) in [6.45, 7) is 7.43. The van der Waals surface area contributed by atoms with Crippen molar-refractivity contribution < 1.29 is 18.3 Å². The van der Waals surface area contributed by atoms with Gasteiger partial charge in [0.15, 0.2) is 0 Å². The fraction of sp³-hybridized carbons (Fsp3) is 0.500. The Morgan fingerprint density at radius 3 is 2.40 bits per heavy atom. The second-order valence-corrected chi connectivity index (χ2v) is 6.56. The van der Waals surface area contributed by atoms with E-state index in [2.05, 4.69) is 0 Å². The lowest BCUT2D eigenvalue weighted by molar-refractivity contribution is 0.0696. The first kappa shape index (κ1) is 16.7. The Kier molecular flexibility index (Phi) is 5.30. The first-order chi connectivity index (χ1) is 9.27. The van der Waals surface area contributed by atoms with E-state index in [1.807, 2.05) is 13.8 Å². The zero-order valence-corrected chi connectivity index (χ0v) is 13.1. The molecule has 0 fully saturated rings. The molecule has 0 aliphatic carbocycles. The van der Waals surface area contributed by atoms with Crippen molar-refractivity contribution in [2.75, 3.05) is 6.54 Å². The maximum atomic E-state index is 12.7. The van der Waals surface area contributed by atoms with Gasteiger partial charge in [0.25, 0.3) is 0 Å². The Bertz CT molecular complexity index is 595. The lowest BCUT2D eigenvalue weighted by Gasteiger charge is -2.27. The lowest BCUT2D eigenvalue weighted by Crippen LogP contribution is -2.38. The van der Waals surface area contributed by atoms with Crippen molar-refractivity contribution in [3.8, 4) is 0 Å². The molecule has 1 N–H and O–H groups in total. The topological polar surface area (TPSA) is 74.7 Å². The Hall–Kier alpha value is -1.40. The zero-order valence-electron chi connectivity index (χ0n) is 12.3. The molecule has 0 saturated heterocycles. The van der Waals surface area contributed by atoms with Gasteiger partial charge in [0.2, 0.25) is 10.0 Å². The molecule has 1 atom stereocenters. The Balaban J connectivity index is 3.43. The predicted molar refractivity (Wildman–Crippen MR) is 77.5 cm³/mol. The molecule has 0 aliphatic heterocycles. The standard InChI is InChI=1S/C14H21NO4S/c1-5-10(3)15(6-2)20(18,19)13-9-7-8-12(11(13)4)14(16)17/h7-10H,5-6H2,1-4H3,(H,16,17). The lowest BCUT2D eigenvalue weighted by atomic mass is 10.1. The Morgan fingerprint density at radius 1 is 1.35 bits per heavy atom. The number of rotatable bonds is 6. The molecule has 112 valence electrons. The monoisotopic (exact) mass is 299 g/mol. The average molecular weight is 299 g/mol. The number of benzene rings is 1. The molecule has 0 aromatic heterocycles. The molecule has 0 saturated carbocycles. The first-order valence-electron chi connectivity index (χ1n) is 6.62. The highest BCUT2D eigenvalue weighted by Crippen LogP contribution is 2.24. The largest absolute Gasteiger partial charge is 0.478 e. The molecule has 0 spiro atoms. The highest BCUT2D eigenvalue weighted by Gasteiger charge is 2.29. The maximum absolute atomic E-state index is 12.7. The number of hydrogen-bond acceptors (Lipinski definition) is 3. The average Bonchev–Trinajstić information content (AvgIpc) is 2.38. The number of carboxylic acids is 1. The third-order valence-corrected chi connectivity index (χ3v) is 5.73. The normalized spacial score (nSPS) is 13.4. The summed E-state index contributed by atoms with van der Waals surface area (Å²) in [5.41, 5.74) is 0.299. The number of sulfonamides is 1. The smallest absolute Gasteiger partial charge is 0.335 e. The third kappa shape index (κ3) is 3.02. The van der Waals surface area contributed by atoms with E-state index in [1.54, 1.807) is 6.92 Å². The quantitative estimate of drug-likeness (QED) is 0.875. The van der Waals surface area contributed by atoms with Crippen LogP contribution in [0.3, 0.4) is 0 Å². The minimum atomic E-state index is -3.68. The van der Waals surface area contributed by atoms with Gasteiger partial charge in [0.05, 0.1) is 10.5 Å². The first-order valence-corrected chi connectivity index (χ1v) is 8.06. The Labute approximate surface area is 120 Å². The van der Waals surface area contributed by atoms with Gasteiger partial charge in [-0.05, 0) is 38.0 Å². The molecule has 1 rings (SSSR count). The van der Waals surface area contributed by atoms with E-state index in [1.165, 1.54) is 29.4 Å². The van der Waals surface area contributed by atoms with Gasteiger partial charge in [0.1, 0.15) is 0 Å².